The average Bonchev–Trinajstić information content (AvgIpc) is 0.910. The number of hydrogen-bond donors (Lipinski definition) is 3. The van der Waals surface area contributed by atoms with Crippen LogP contribution in [0.2, 0.25) is 0 Å². The van der Waals surface area contributed by atoms with E-state index in [2.05, 4.69) is 34.6 Å². The zero-order chi connectivity index (χ0) is 75.5. The van der Waals surface area contributed by atoms with E-state index in [1.807, 2.05) is 0 Å². The molecule has 19 heteroatoms. The van der Waals surface area contributed by atoms with E-state index in [0.29, 0.717) is 25.7 Å². The van der Waals surface area contributed by atoms with Gasteiger partial charge < -0.3 is 33.8 Å². The van der Waals surface area contributed by atoms with E-state index in [0.717, 1.165) is 95.8 Å². The third-order valence-corrected chi connectivity index (χ3v) is 21.7. The molecule has 3 N–H and O–H groups in total. The van der Waals surface area contributed by atoms with Gasteiger partial charge in [-0.25, -0.2) is 9.13 Å². The maximum Gasteiger partial charge on any atom is 0.472 e. The fourth-order valence-corrected chi connectivity index (χ4v) is 14.7. The predicted octanol–water partition coefficient (Wildman–Crippen LogP) is 25.6. The summed E-state index contributed by atoms with van der Waals surface area (Å²) < 4.78 is 68.8. The van der Waals surface area contributed by atoms with Gasteiger partial charge in [0.25, 0.3) is 0 Å². The van der Waals surface area contributed by atoms with Crippen LogP contribution in [0.5, 0.6) is 0 Å². The highest BCUT2D eigenvalue weighted by Gasteiger charge is 2.30. The maximum absolute atomic E-state index is 13.1. The molecule has 0 saturated carbocycles. The summed E-state index contributed by atoms with van der Waals surface area (Å²) in [6.45, 7) is 7.37. The van der Waals surface area contributed by atoms with Crippen LogP contribution in [0.15, 0.2) is 0 Å². The Hall–Kier alpha value is -1.94. The van der Waals surface area contributed by atoms with Crippen LogP contribution in [0.4, 0.5) is 0 Å². The van der Waals surface area contributed by atoms with E-state index in [9.17, 15) is 43.2 Å². The van der Waals surface area contributed by atoms with Crippen LogP contribution in [-0.4, -0.2) is 96.7 Å². The molecule has 0 rings (SSSR count). The van der Waals surface area contributed by atoms with E-state index >= 15 is 0 Å². The number of unbranched alkanes of at least 4 members (excludes halogenated alkanes) is 56. The highest BCUT2D eigenvalue weighted by molar-refractivity contribution is 7.47. The molecule has 0 radical (unpaired) electrons. The lowest BCUT2D eigenvalue weighted by atomic mass is 10.0. The third kappa shape index (κ3) is 78.0. The molecule has 0 aromatic carbocycles. The lowest BCUT2D eigenvalue weighted by Crippen LogP contribution is -2.30. The first-order valence-corrected chi connectivity index (χ1v) is 46.6. The Bertz CT molecular complexity index is 1960. The number of esters is 4. The van der Waals surface area contributed by atoms with E-state index in [4.69, 9.17) is 37.0 Å². The number of aliphatic hydroxyl groups is 1. The molecule has 612 valence electrons. The van der Waals surface area contributed by atoms with E-state index in [1.54, 1.807) is 0 Å². The lowest BCUT2D eigenvalue weighted by Gasteiger charge is -2.21. The Balaban J connectivity index is 5.24. The second-order valence-electron chi connectivity index (χ2n) is 30.7. The zero-order valence-electron chi connectivity index (χ0n) is 67.5. The molecular formula is C84H164O17P2. The number of phosphoric ester groups is 2. The molecule has 0 bridgehead atoms. The summed E-state index contributed by atoms with van der Waals surface area (Å²) in [6.07, 6.45) is 69.3. The zero-order valence-corrected chi connectivity index (χ0v) is 69.3. The fourth-order valence-electron chi connectivity index (χ4n) is 13.1. The highest BCUT2D eigenvalue weighted by Crippen LogP contribution is 2.45. The van der Waals surface area contributed by atoms with Crippen LogP contribution in [0.1, 0.15) is 452 Å². The minimum absolute atomic E-state index is 0.109. The smallest absolute Gasteiger partial charge is 0.462 e. The summed E-state index contributed by atoms with van der Waals surface area (Å²) >= 11 is 0. The minimum Gasteiger partial charge on any atom is -0.462 e. The van der Waals surface area contributed by atoms with Crippen LogP contribution < -0.4 is 0 Å². The molecule has 0 aromatic rings. The van der Waals surface area contributed by atoms with Crippen molar-refractivity contribution in [1.29, 1.82) is 0 Å². The van der Waals surface area contributed by atoms with Crippen molar-refractivity contribution >= 4 is 39.5 Å². The third-order valence-electron chi connectivity index (χ3n) is 19.8. The summed E-state index contributed by atoms with van der Waals surface area (Å²) in [7, 11) is -9.92. The molecule has 17 nitrogen and oxygen atoms in total. The first kappa shape index (κ1) is 101. The van der Waals surface area contributed by atoms with Gasteiger partial charge in [-0.05, 0) is 31.6 Å². The number of carbonyl (C=O) groups excluding carboxylic acids is 4. The first-order valence-electron chi connectivity index (χ1n) is 43.6. The van der Waals surface area contributed by atoms with E-state index in [-0.39, 0.29) is 25.7 Å². The molecule has 0 aromatic heterocycles. The summed E-state index contributed by atoms with van der Waals surface area (Å²) in [4.78, 5) is 73.2. The number of ether oxygens (including phenoxy) is 4. The van der Waals surface area contributed by atoms with Crippen LogP contribution in [0, 0.1) is 5.92 Å². The normalized spacial score (nSPS) is 13.8. The van der Waals surface area contributed by atoms with Crippen molar-refractivity contribution in [1.82, 2.24) is 0 Å². The number of phosphoric acid groups is 2. The minimum atomic E-state index is -4.96. The molecule has 0 saturated heterocycles. The van der Waals surface area contributed by atoms with Gasteiger partial charge in [-0.3, -0.25) is 37.3 Å². The van der Waals surface area contributed by atoms with Gasteiger partial charge in [0.2, 0.25) is 0 Å². The fraction of sp³-hybridized carbons (Fsp3) is 0.952. The van der Waals surface area contributed by atoms with Gasteiger partial charge in [0.05, 0.1) is 26.4 Å². The van der Waals surface area contributed by atoms with Gasteiger partial charge in [-0.1, -0.05) is 401 Å². The molecule has 0 amide bonds. The van der Waals surface area contributed by atoms with Gasteiger partial charge in [-0.15, -0.1) is 0 Å². The monoisotopic (exact) mass is 1510 g/mol. The van der Waals surface area contributed by atoms with Gasteiger partial charge in [0.15, 0.2) is 12.2 Å². The van der Waals surface area contributed by atoms with Gasteiger partial charge in [-0.2, -0.15) is 0 Å². The predicted molar refractivity (Wildman–Crippen MR) is 423 cm³/mol. The SMILES string of the molecule is CCCCCCCCCCCCCCCCCCCCCCC(=O)O[C@H](COC(=O)CCCCCCCCCCCCCCCC(C)C)COP(=O)(O)OC[C@@H](O)COP(=O)(O)OC[C@@H](COC(=O)CCCCCCCCCCCCC)OC(=O)CCCCCCCCCCCCCCCCCC. The summed E-state index contributed by atoms with van der Waals surface area (Å²) in [5, 5.41) is 10.7. The van der Waals surface area contributed by atoms with Gasteiger partial charge in [0.1, 0.15) is 19.3 Å². The Morgan fingerprint density at radius 3 is 0.660 bits per heavy atom. The highest BCUT2D eigenvalue weighted by atomic mass is 31.2. The van der Waals surface area contributed by atoms with Crippen LogP contribution in [0.3, 0.4) is 0 Å². The van der Waals surface area contributed by atoms with Crippen molar-refractivity contribution < 1.29 is 80.2 Å². The molecule has 5 atom stereocenters. The van der Waals surface area contributed by atoms with Crippen molar-refractivity contribution in [2.75, 3.05) is 39.6 Å². The quantitative estimate of drug-likeness (QED) is 0.0222. The standard InChI is InChI=1S/C84H164O17P2/c1-6-9-12-15-18-21-24-26-28-30-31-32-33-35-39-45-50-55-60-65-70-84(89)101-80(74-95-82(87)68-63-58-53-48-43-40-36-37-42-46-51-56-61-66-77(4)5)76-99-103(92,93)97-72-78(85)71-96-102(90,91)98-75-79(73-94-81(86)67-62-57-52-47-41-23-20-17-14-11-8-3)100-83(88)69-64-59-54-49-44-38-34-29-27-25-22-19-16-13-10-7-2/h77-80,85H,6-76H2,1-5H3,(H,90,91)(H,92,93)/t78-,79+,80+/m0/s1. The molecule has 2 unspecified atom stereocenters. The Labute approximate surface area is 632 Å². The largest absolute Gasteiger partial charge is 0.472 e. The molecule has 0 fully saturated rings. The van der Waals surface area contributed by atoms with Crippen molar-refractivity contribution in [3.8, 4) is 0 Å². The Morgan fingerprint density at radius 2 is 0.447 bits per heavy atom. The first-order chi connectivity index (χ1) is 50.0. The maximum atomic E-state index is 13.1. The van der Waals surface area contributed by atoms with Gasteiger partial charge >= 0.3 is 39.5 Å². The van der Waals surface area contributed by atoms with Crippen molar-refractivity contribution in [3.63, 3.8) is 0 Å². The topological polar surface area (TPSA) is 237 Å². The summed E-state index contributed by atoms with van der Waals surface area (Å²) in [5.41, 5.74) is 0. The number of carbonyl (C=O) groups is 4. The van der Waals surface area contributed by atoms with Crippen molar-refractivity contribution in [3.05, 3.63) is 0 Å². The molecule has 0 aliphatic rings. The molecule has 0 spiro atoms. The molecular weight excluding hydrogens is 1340 g/mol. The Morgan fingerprint density at radius 1 is 0.262 bits per heavy atom. The number of hydrogen-bond acceptors (Lipinski definition) is 15. The molecule has 0 heterocycles. The van der Waals surface area contributed by atoms with E-state index < -0.39 is 97.5 Å². The number of rotatable bonds is 84. The summed E-state index contributed by atoms with van der Waals surface area (Å²) in [5.74, 6) is -1.31. The molecule has 103 heavy (non-hydrogen) atoms. The Kier molecular flexibility index (Phi) is 75.4. The van der Waals surface area contributed by atoms with Crippen molar-refractivity contribution in [2.24, 2.45) is 5.92 Å². The van der Waals surface area contributed by atoms with Crippen LogP contribution >= 0.6 is 15.6 Å². The van der Waals surface area contributed by atoms with Gasteiger partial charge in [0, 0.05) is 25.7 Å². The summed E-state index contributed by atoms with van der Waals surface area (Å²) in [6, 6.07) is 0. The number of aliphatic hydroxyl groups excluding tert-OH is 1. The van der Waals surface area contributed by atoms with Crippen LogP contribution in [-0.2, 0) is 65.4 Å². The van der Waals surface area contributed by atoms with Crippen LogP contribution in [0.25, 0.3) is 0 Å². The molecule has 0 aliphatic carbocycles. The second-order valence-corrected chi connectivity index (χ2v) is 33.6. The van der Waals surface area contributed by atoms with E-state index in [1.165, 1.54) is 276 Å². The van der Waals surface area contributed by atoms with Crippen molar-refractivity contribution in [2.45, 2.75) is 470 Å². The molecule has 0 aliphatic heterocycles. The second kappa shape index (κ2) is 76.8. The lowest BCUT2D eigenvalue weighted by molar-refractivity contribution is -0.161. The average molecular weight is 1510 g/mol.